The van der Waals surface area contributed by atoms with Crippen LogP contribution in [0, 0.1) is 0 Å². The maximum atomic E-state index is 2.40. The number of benzene rings is 8. The molecule has 0 aliphatic rings. The van der Waals surface area contributed by atoms with Crippen LogP contribution in [-0.2, 0) is 0 Å². The summed E-state index contributed by atoms with van der Waals surface area (Å²) in [4.78, 5) is 2.40. The highest BCUT2D eigenvalue weighted by Gasteiger charge is 2.17. The average molecular weight is 548 g/mol. The highest BCUT2D eigenvalue weighted by atomic mass is 15.1. The van der Waals surface area contributed by atoms with E-state index in [1.165, 1.54) is 65.9 Å². The lowest BCUT2D eigenvalue weighted by Gasteiger charge is -2.28. The Morgan fingerprint density at radius 1 is 0.279 bits per heavy atom. The predicted octanol–water partition coefficient (Wildman–Crippen LogP) is 11.9. The second-order valence-corrected chi connectivity index (χ2v) is 11.0. The lowest BCUT2D eigenvalue weighted by atomic mass is 9.97. The van der Waals surface area contributed by atoms with Crippen LogP contribution in [0.2, 0.25) is 0 Å². The van der Waals surface area contributed by atoms with E-state index >= 15 is 0 Å². The molecule has 0 amide bonds. The first-order chi connectivity index (χ1) is 21.3. The predicted molar refractivity (Wildman–Crippen MR) is 185 cm³/mol. The van der Waals surface area contributed by atoms with Crippen molar-refractivity contribution in [2.24, 2.45) is 0 Å². The Labute approximate surface area is 251 Å². The van der Waals surface area contributed by atoms with E-state index in [1.807, 2.05) is 0 Å². The Kier molecular flexibility index (Phi) is 6.20. The summed E-state index contributed by atoms with van der Waals surface area (Å²) in [7, 11) is 0. The largest absolute Gasteiger partial charge is 0.309 e. The van der Waals surface area contributed by atoms with Gasteiger partial charge in [-0.25, -0.2) is 0 Å². The van der Waals surface area contributed by atoms with Crippen molar-refractivity contribution in [2.75, 3.05) is 4.90 Å². The Hall–Kier alpha value is -5.66. The zero-order valence-corrected chi connectivity index (χ0v) is 23.7. The Morgan fingerprint density at radius 2 is 0.721 bits per heavy atom. The monoisotopic (exact) mass is 547 g/mol. The zero-order valence-electron chi connectivity index (χ0n) is 23.7. The number of hydrogen-bond donors (Lipinski definition) is 0. The standard InChI is InChI=1S/C42H29N/c1-2-10-30(11-3-1)34-20-22-37-29-35(21-23-36(37)28-34)31-24-26-38(27-25-31)43(41-18-8-14-32-12-4-6-16-39(32)41)42-19-9-15-33-13-5-7-17-40(33)42/h1-29H. The number of hydrogen-bond acceptors (Lipinski definition) is 1. The van der Waals surface area contributed by atoms with Crippen molar-refractivity contribution in [1.29, 1.82) is 0 Å². The van der Waals surface area contributed by atoms with Crippen LogP contribution in [0.25, 0.3) is 54.6 Å². The smallest absolute Gasteiger partial charge is 0.0540 e. The molecule has 202 valence electrons. The van der Waals surface area contributed by atoms with E-state index in [4.69, 9.17) is 0 Å². The topological polar surface area (TPSA) is 3.24 Å². The van der Waals surface area contributed by atoms with Gasteiger partial charge in [-0.2, -0.15) is 0 Å². The molecule has 0 aromatic heterocycles. The molecular formula is C42H29N. The molecule has 0 radical (unpaired) electrons. The molecule has 0 saturated heterocycles. The Balaban J connectivity index is 1.22. The third-order valence-corrected chi connectivity index (χ3v) is 8.42. The fraction of sp³-hybridized carbons (Fsp3) is 0. The minimum absolute atomic E-state index is 1.13. The third-order valence-electron chi connectivity index (χ3n) is 8.42. The fourth-order valence-electron chi connectivity index (χ4n) is 6.25. The third kappa shape index (κ3) is 4.62. The van der Waals surface area contributed by atoms with E-state index in [-0.39, 0.29) is 0 Å². The maximum Gasteiger partial charge on any atom is 0.0540 e. The molecule has 0 unspecified atom stereocenters. The summed E-state index contributed by atoms with van der Waals surface area (Å²) in [5.41, 5.74) is 8.37. The van der Waals surface area contributed by atoms with Crippen LogP contribution in [0.5, 0.6) is 0 Å². The molecule has 1 heteroatoms. The molecule has 43 heavy (non-hydrogen) atoms. The second-order valence-electron chi connectivity index (χ2n) is 11.0. The molecule has 0 N–H and O–H groups in total. The van der Waals surface area contributed by atoms with E-state index in [1.54, 1.807) is 0 Å². The molecule has 0 bridgehead atoms. The van der Waals surface area contributed by atoms with Crippen LogP contribution in [0.1, 0.15) is 0 Å². The number of rotatable bonds is 5. The number of fused-ring (bicyclic) bond motifs is 3. The van der Waals surface area contributed by atoms with Crippen LogP contribution < -0.4 is 4.90 Å². The summed E-state index contributed by atoms with van der Waals surface area (Å²) in [6.45, 7) is 0. The van der Waals surface area contributed by atoms with Crippen molar-refractivity contribution in [3.05, 3.63) is 176 Å². The highest BCUT2D eigenvalue weighted by Crippen LogP contribution is 2.42. The summed E-state index contributed by atoms with van der Waals surface area (Å²) in [5.74, 6) is 0. The Bertz CT molecular complexity index is 2140. The van der Waals surface area contributed by atoms with Gasteiger partial charge in [0.05, 0.1) is 11.4 Å². The summed E-state index contributed by atoms with van der Waals surface area (Å²) in [5, 5.41) is 7.41. The minimum Gasteiger partial charge on any atom is -0.309 e. The van der Waals surface area contributed by atoms with Crippen molar-refractivity contribution < 1.29 is 0 Å². The average Bonchev–Trinajstić information content (AvgIpc) is 3.09. The van der Waals surface area contributed by atoms with Gasteiger partial charge in [-0.15, -0.1) is 0 Å². The van der Waals surface area contributed by atoms with E-state index in [0.717, 1.165) is 5.69 Å². The van der Waals surface area contributed by atoms with Gasteiger partial charge in [-0.05, 0) is 80.2 Å². The molecule has 0 heterocycles. The Morgan fingerprint density at radius 3 is 1.28 bits per heavy atom. The van der Waals surface area contributed by atoms with Crippen LogP contribution in [0.4, 0.5) is 17.1 Å². The lowest BCUT2D eigenvalue weighted by molar-refractivity contribution is 1.31. The van der Waals surface area contributed by atoms with Crippen molar-refractivity contribution in [3.8, 4) is 22.3 Å². The van der Waals surface area contributed by atoms with Crippen LogP contribution in [0.3, 0.4) is 0 Å². The molecule has 8 rings (SSSR count). The molecule has 0 spiro atoms. The van der Waals surface area contributed by atoms with Gasteiger partial charge in [0.1, 0.15) is 0 Å². The van der Waals surface area contributed by atoms with E-state index < -0.39 is 0 Å². The summed E-state index contributed by atoms with van der Waals surface area (Å²) in [6.07, 6.45) is 0. The highest BCUT2D eigenvalue weighted by molar-refractivity contribution is 6.04. The SMILES string of the molecule is c1ccc(-c2ccc3cc(-c4ccc(N(c5cccc6ccccc56)c5cccc6ccccc56)cc4)ccc3c2)cc1. The second kappa shape index (κ2) is 10.6. The van der Waals surface area contributed by atoms with Gasteiger partial charge in [-0.3, -0.25) is 0 Å². The zero-order chi connectivity index (χ0) is 28.6. The number of anilines is 3. The van der Waals surface area contributed by atoms with Crippen molar-refractivity contribution in [2.45, 2.75) is 0 Å². The van der Waals surface area contributed by atoms with E-state index in [2.05, 4.69) is 181 Å². The summed E-state index contributed by atoms with van der Waals surface area (Å²) >= 11 is 0. The van der Waals surface area contributed by atoms with Crippen molar-refractivity contribution >= 4 is 49.4 Å². The maximum absolute atomic E-state index is 2.40. The molecular weight excluding hydrogens is 518 g/mol. The quantitative estimate of drug-likeness (QED) is 0.207. The van der Waals surface area contributed by atoms with Crippen LogP contribution in [-0.4, -0.2) is 0 Å². The molecule has 0 aliphatic carbocycles. The van der Waals surface area contributed by atoms with Crippen molar-refractivity contribution in [3.63, 3.8) is 0 Å². The fourth-order valence-corrected chi connectivity index (χ4v) is 6.25. The van der Waals surface area contributed by atoms with Gasteiger partial charge < -0.3 is 4.90 Å². The first-order valence-corrected chi connectivity index (χ1v) is 14.8. The molecule has 0 fully saturated rings. The number of nitrogens with zero attached hydrogens (tertiary/aromatic N) is 1. The molecule has 0 saturated carbocycles. The van der Waals surface area contributed by atoms with Gasteiger partial charge in [-0.1, -0.05) is 140 Å². The molecule has 8 aromatic rings. The normalized spacial score (nSPS) is 11.3. The van der Waals surface area contributed by atoms with Gasteiger partial charge in [0.2, 0.25) is 0 Å². The van der Waals surface area contributed by atoms with Gasteiger partial charge >= 0.3 is 0 Å². The molecule has 1 nitrogen and oxygen atoms in total. The van der Waals surface area contributed by atoms with Gasteiger partial charge in [0, 0.05) is 16.5 Å². The minimum atomic E-state index is 1.13. The van der Waals surface area contributed by atoms with E-state index in [9.17, 15) is 0 Å². The lowest BCUT2D eigenvalue weighted by Crippen LogP contribution is -2.11. The first-order valence-electron chi connectivity index (χ1n) is 14.8. The van der Waals surface area contributed by atoms with Gasteiger partial charge in [0.25, 0.3) is 0 Å². The van der Waals surface area contributed by atoms with Crippen LogP contribution in [0.15, 0.2) is 176 Å². The van der Waals surface area contributed by atoms with E-state index in [0.29, 0.717) is 0 Å². The molecule has 0 aliphatic heterocycles. The van der Waals surface area contributed by atoms with Gasteiger partial charge in [0.15, 0.2) is 0 Å². The molecule has 0 atom stereocenters. The molecule has 8 aromatic carbocycles. The van der Waals surface area contributed by atoms with Crippen molar-refractivity contribution in [1.82, 2.24) is 0 Å². The summed E-state index contributed by atoms with van der Waals surface area (Å²) in [6, 6.07) is 63.5. The first kappa shape index (κ1) is 25.1. The van der Waals surface area contributed by atoms with Crippen LogP contribution >= 0.6 is 0 Å². The summed E-state index contributed by atoms with van der Waals surface area (Å²) < 4.78 is 0.